The summed E-state index contributed by atoms with van der Waals surface area (Å²) in [4.78, 5) is 0. The van der Waals surface area contributed by atoms with Crippen molar-refractivity contribution >= 4 is 23.5 Å². The first-order valence-electron chi connectivity index (χ1n) is 6.29. The molecular formula is C12H26O2S2. The lowest BCUT2D eigenvalue weighted by Gasteiger charge is -2.02. The van der Waals surface area contributed by atoms with Gasteiger partial charge in [0.1, 0.15) is 0 Å². The summed E-state index contributed by atoms with van der Waals surface area (Å²) < 4.78 is 0. The number of unbranched alkanes of at least 4 members (excludes halogenated alkanes) is 4. The molecule has 0 aromatic carbocycles. The van der Waals surface area contributed by atoms with Crippen molar-refractivity contribution in [3.05, 3.63) is 0 Å². The van der Waals surface area contributed by atoms with Gasteiger partial charge in [-0.25, -0.2) is 0 Å². The van der Waals surface area contributed by atoms with E-state index in [1.807, 2.05) is 23.5 Å². The van der Waals surface area contributed by atoms with E-state index >= 15 is 0 Å². The molecule has 0 saturated carbocycles. The van der Waals surface area contributed by atoms with Crippen molar-refractivity contribution in [2.24, 2.45) is 0 Å². The molecule has 0 aliphatic heterocycles. The van der Waals surface area contributed by atoms with Crippen molar-refractivity contribution in [1.82, 2.24) is 0 Å². The Labute approximate surface area is 109 Å². The van der Waals surface area contributed by atoms with Crippen LogP contribution in [0.25, 0.3) is 0 Å². The van der Waals surface area contributed by atoms with Crippen LogP contribution in [-0.2, 0) is 0 Å². The van der Waals surface area contributed by atoms with E-state index < -0.39 is 0 Å². The van der Waals surface area contributed by atoms with Gasteiger partial charge in [0.15, 0.2) is 0 Å². The monoisotopic (exact) mass is 266 g/mol. The van der Waals surface area contributed by atoms with Crippen molar-refractivity contribution in [3.63, 3.8) is 0 Å². The highest BCUT2D eigenvalue weighted by atomic mass is 32.2. The number of hydrogen-bond acceptors (Lipinski definition) is 4. The van der Waals surface area contributed by atoms with Gasteiger partial charge < -0.3 is 10.2 Å². The van der Waals surface area contributed by atoms with Gasteiger partial charge in [0.05, 0.1) is 0 Å². The largest absolute Gasteiger partial charge is 0.396 e. The van der Waals surface area contributed by atoms with Crippen LogP contribution in [-0.4, -0.2) is 46.4 Å². The molecule has 0 saturated heterocycles. The molecule has 0 bridgehead atoms. The summed E-state index contributed by atoms with van der Waals surface area (Å²) in [5, 5.41) is 17.2. The van der Waals surface area contributed by atoms with Crippen LogP contribution in [0.5, 0.6) is 0 Å². The zero-order valence-electron chi connectivity index (χ0n) is 10.2. The normalized spacial score (nSPS) is 10.9. The van der Waals surface area contributed by atoms with E-state index in [9.17, 15) is 0 Å². The molecule has 0 unspecified atom stereocenters. The zero-order chi connectivity index (χ0) is 11.9. The van der Waals surface area contributed by atoms with Crippen molar-refractivity contribution < 1.29 is 10.2 Å². The van der Waals surface area contributed by atoms with Crippen molar-refractivity contribution in [2.45, 2.75) is 38.5 Å². The van der Waals surface area contributed by atoms with Gasteiger partial charge >= 0.3 is 0 Å². The summed E-state index contributed by atoms with van der Waals surface area (Å²) in [6, 6.07) is 0. The van der Waals surface area contributed by atoms with Gasteiger partial charge in [0.2, 0.25) is 0 Å². The predicted octanol–water partition coefficient (Wildman–Crippen LogP) is 2.78. The molecule has 0 radical (unpaired) electrons. The average molecular weight is 266 g/mol. The molecule has 98 valence electrons. The zero-order valence-corrected chi connectivity index (χ0v) is 11.8. The Bertz CT molecular complexity index is 110. The molecule has 0 aromatic heterocycles. The number of thioether (sulfide) groups is 2. The second-order valence-electron chi connectivity index (χ2n) is 3.79. The van der Waals surface area contributed by atoms with Crippen LogP contribution in [0.1, 0.15) is 38.5 Å². The first-order valence-corrected chi connectivity index (χ1v) is 8.60. The molecule has 0 amide bonds. The summed E-state index contributed by atoms with van der Waals surface area (Å²) in [6.45, 7) is 0.683. The summed E-state index contributed by atoms with van der Waals surface area (Å²) in [6.07, 6.45) is 6.73. The molecule has 0 spiro atoms. The second kappa shape index (κ2) is 15.6. The number of aliphatic hydroxyl groups is 2. The maximum Gasteiger partial charge on any atom is 0.0431 e. The minimum Gasteiger partial charge on any atom is -0.396 e. The Morgan fingerprint density at radius 2 is 0.938 bits per heavy atom. The van der Waals surface area contributed by atoms with E-state index in [1.165, 1.54) is 35.9 Å². The first kappa shape index (κ1) is 16.6. The van der Waals surface area contributed by atoms with Gasteiger partial charge in [0, 0.05) is 24.7 Å². The van der Waals surface area contributed by atoms with Gasteiger partial charge in [-0.3, -0.25) is 0 Å². The van der Waals surface area contributed by atoms with E-state index in [4.69, 9.17) is 10.2 Å². The van der Waals surface area contributed by atoms with E-state index in [-0.39, 0.29) is 0 Å². The maximum atomic E-state index is 8.60. The fraction of sp³-hybridized carbons (Fsp3) is 1.00. The summed E-state index contributed by atoms with van der Waals surface area (Å²) in [5.41, 5.74) is 0. The third kappa shape index (κ3) is 14.6. The minimum absolute atomic E-state index is 0.342. The lowest BCUT2D eigenvalue weighted by Crippen LogP contribution is -1.91. The van der Waals surface area contributed by atoms with Crippen LogP contribution in [0.2, 0.25) is 0 Å². The lowest BCUT2D eigenvalue weighted by atomic mass is 10.3. The number of hydrogen-bond donors (Lipinski definition) is 2. The highest BCUT2D eigenvalue weighted by Gasteiger charge is 1.93. The molecule has 0 fully saturated rings. The third-order valence-corrected chi connectivity index (χ3v) is 4.66. The van der Waals surface area contributed by atoms with Crippen molar-refractivity contribution in [1.29, 1.82) is 0 Å². The Balaban J connectivity index is 2.83. The standard InChI is InChI=1S/C12H26O2S2/c13-7-3-1-5-9-15-11-12-16-10-6-2-4-8-14/h13-14H,1-12H2. The van der Waals surface area contributed by atoms with Gasteiger partial charge in [-0.05, 0) is 37.2 Å². The van der Waals surface area contributed by atoms with Gasteiger partial charge in [0.25, 0.3) is 0 Å². The fourth-order valence-corrected chi connectivity index (χ4v) is 3.47. The number of aliphatic hydroxyl groups excluding tert-OH is 2. The molecule has 4 heteroatoms. The Hall–Kier alpha value is 0.620. The second-order valence-corrected chi connectivity index (χ2v) is 6.24. The highest BCUT2D eigenvalue weighted by molar-refractivity contribution is 8.02. The topological polar surface area (TPSA) is 40.5 Å². The molecule has 0 heterocycles. The van der Waals surface area contributed by atoms with Gasteiger partial charge in [-0.2, -0.15) is 23.5 Å². The van der Waals surface area contributed by atoms with Crippen molar-refractivity contribution in [3.8, 4) is 0 Å². The van der Waals surface area contributed by atoms with E-state index in [0.717, 1.165) is 25.7 Å². The Kier molecular flexibility index (Phi) is 16.2. The molecule has 0 atom stereocenters. The smallest absolute Gasteiger partial charge is 0.0431 e. The molecule has 2 nitrogen and oxygen atoms in total. The van der Waals surface area contributed by atoms with Crippen LogP contribution in [0.3, 0.4) is 0 Å². The van der Waals surface area contributed by atoms with Crippen LogP contribution >= 0.6 is 23.5 Å². The number of rotatable bonds is 13. The molecular weight excluding hydrogens is 240 g/mol. The van der Waals surface area contributed by atoms with Crippen molar-refractivity contribution in [2.75, 3.05) is 36.2 Å². The highest BCUT2D eigenvalue weighted by Crippen LogP contribution is 2.11. The molecule has 16 heavy (non-hydrogen) atoms. The summed E-state index contributed by atoms with van der Waals surface area (Å²) in [7, 11) is 0. The molecule has 0 rings (SSSR count). The minimum atomic E-state index is 0.342. The Morgan fingerprint density at radius 1 is 0.500 bits per heavy atom. The fourth-order valence-electron chi connectivity index (χ4n) is 1.31. The average Bonchev–Trinajstić information content (AvgIpc) is 2.31. The van der Waals surface area contributed by atoms with E-state index in [1.54, 1.807) is 0 Å². The maximum absolute atomic E-state index is 8.60. The van der Waals surface area contributed by atoms with E-state index in [2.05, 4.69) is 0 Å². The lowest BCUT2D eigenvalue weighted by molar-refractivity contribution is 0.284. The van der Waals surface area contributed by atoms with Crippen LogP contribution in [0, 0.1) is 0 Å². The molecule has 0 aliphatic carbocycles. The van der Waals surface area contributed by atoms with Crippen LogP contribution < -0.4 is 0 Å². The van der Waals surface area contributed by atoms with Crippen LogP contribution in [0.15, 0.2) is 0 Å². The first-order chi connectivity index (χ1) is 7.91. The molecule has 0 aromatic rings. The molecule has 0 aliphatic rings. The predicted molar refractivity (Wildman–Crippen MR) is 76.5 cm³/mol. The quantitative estimate of drug-likeness (QED) is 0.503. The Morgan fingerprint density at radius 3 is 1.31 bits per heavy atom. The summed E-state index contributed by atoms with van der Waals surface area (Å²) in [5.74, 6) is 4.99. The van der Waals surface area contributed by atoms with Gasteiger partial charge in [-0.15, -0.1) is 0 Å². The summed E-state index contributed by atoms with van der Waals surface area (Å²) >= 11 is 4.06. The van der Waals surface area contributed by atoms with Gasteiger partial charge in [-0.1, -0.05) is 12.8 Å². The molecule has 2 N–H and O–H groups in total. The van der Waals surface area contributed by atoms with Crippen LogP contribution in [0.4, 0.5) is 0 Å². The SMILES string of the molecule is OCCCCCSCCSCCCCCO. The third-order valence-electron chi connectivity index (χ3n) is 2.27. The van der Waals surface area contributed by atoms with E-state index in [0.29, 0.717) is 13.2 Å².